The number of hydrogen-bond acceptors (Lipinski definition) is 4. The van der Waals surface area contributed by atoms with Crippen LogP contribution in [0.4, 0.5) is 20.2 Å². The van der Waals surface area contributed by atoms with Gasteiger partial charge in [0.2, 0.25) is 5.91 Å². The third kappa shape index (κ3) is 3.28. The second-order valence-electron chi connectivity index (χ2n) is 6.48. The number of halogens is 2. The average molecular weight is 384 g/mol. The molecule has 0 radical (unpaired) electrons. The number of aromatic nitrogens is 2. The highest BCUT2D eigenvalue weighted by molar-refractivity contribution is 6.01. The van der Waals surface area contributed by atoms with E-state index in [1.54, 1.807) is 30.6 Å². The summed E-state index contributed by atoms with van der Waals surface area (Å²) in [4.78, 5) is 14.2. The van der Waals surface area contributed by atoms with E-state index in [0.29, 0.717) is 24.2 Å². The quantitative estimate of drug-likeness (QED) is 0.706. The van der Waals surface area contributed by atoms with Crippen molar-refractivity contribution in [2.45, 2.75) is 12.5 Å². The summed E-state index contributed by atoms with van der Waals surface area (Å²) in [5.74, 6) is -1.13. The van der Waals surface area contributed by atoms with Gasteiger partial charge in [-0.3, -0.25) is 9.89 Å². The number of methoxy groups -OCH3 is 1. The molecule has 1 aliphatic rings. The lowest BCUT2D eigenvalue weighted by molar-refractivity contribution is -0.117. The molecule has 1 atom stereocenters. The Hall–Kier alpha value is -3.42. The molecule has 1 fully saturated rings. The zero-order valence-electron chi connectivity index (χ0n) is 15.1. The number of carbonyl (C=O) groups is 1. The molecule has 6 nitrogen and oxygen atoms in total. The second-order valence-corrected chi connectivity index (χ2v) is 6.48. The summed E-state index contributed by atoms with van der Waals surface area (Å²) in [6.45, 7) is 0.372. The maximum absolute atomic E-state index is 14.6. The fourth-order valence-electron chi connectivity index (χ4n) is 3.32. The third-order valence-corrected chi connectivity index (χ3v) is 4.77. The van der Waals surface area contributed by atoms with Gasteiger partial charge in [-0.1, -0.05) is 6.07 Å². The number of aromatic amines is 1. The molecule has 0 saturated carbocycles. The highest BCUT2D eigenvalue weighted by Gasteiger charge is 2.34. The van der Waals surface area contributed by atoms with E-state index < -0.39 is 17.7 Å². The molecule has 1 aliphatic heterocycles. The lowest BCUT2D eigenvalue weighted by Crippen LogP contribution is -2.33. The summed E-state index contributed by atoms with van der Waals surface area (Å²) in [5, 5.41) is 9.55. The van der Waals surface area contributed by atoms with Crippen LogP contribution in [0.5, 0.6) is 5.75 Å². The van der Waals surface area contributed by atoms with Gasteiger partial charge in [-0.25, -0.2) is 8.78 Å². The SMILES string of the molecule is COc1ccc(NC2CCN(c3ccc(-c4cn[nH]c4)cc3F)C2=O)cc1F. The van der Waals surface area contributed by atoms with Crippen molar-refractivity contribution >= 4 is 17.3 Å². The Kier molecular flexibility index (Phi) is 4.68. The van der Waals surface area contributed by atoms with Crippen molar-refractivity contribution in [2.24, 2.45) is 0 Å². The maximum atomic E-state index is 14.6. The molecule has 1 aromatic heterocycles. The minimum atomic E-state index is -0.555. The van der Waals surface area contributed by atoms with Crippen LogP contribution >= 0.6 is 0 Å². The minimum Gasteiger partial charge on any atom is -0.494 e. The number of nitrogens with one attached hydrogen (secondary N) is 2. The van der Waals surface area contributed by atoms with Gasteiger partial charge >= 0.3 is 0 Å². The maximum Gasteiger partial charge on any atom is 0.249 e. The molecule has 2 heterocycles. The molecule has 4 rings (SSSR count). The Labute approximate surface area is 160 Å². The van der Waals surface area contributed by atoms with Crippen LogP contribution in [0.3, 0.4) is 0 Å². The van der Waals surface area contributed by atoms with E-state index in [1.165, 1.54) is 30.2 Å². The molecule has 0 bridgehead atoms. The molecule has 1 saturated heterocycles. The van der Waals surface area contributed by atoms with E-state index in [4.69, 9.17) is 4.74 Å². The number of H-pyrrole nitrogens is 1. The van der Waals surface area contributed by atoms with Crippen molar-refractivity contribution < 1.29 is 18.3 Å². The number of nitrogens with zero attached hydrogens (tertiary/aromatic N) is 2. The number of anilines is 2. The molecule has 144 valence electrons. The number of rotatable bonds is 5. The van der Waals surface area contributed by atoms with Gasteiger partial charge in [-0.2, -0.15) is 5.10 Å². The van der Waals surface area contributed by atoms with E-state index in [2.05, 4.69) is 15.5 Å². The second kappa shape index (κ2) is 7.30. The molecular formula is C20H18F2N4O2. The molecule has 28 heavy (non-hydrogen) atoms. The first-order valence-corrected chi connectivity index (χ1v) is 8.77. The van der Waals surface area contributed by atoms with E-state index in [0.717, 1.165) is 5.56 Å². The van der Waals surface area contributed by atoms with Crippen LogP contribution in [0, 0.1) is 11.6 Å². The number of amides is 1. The van der Waals surface area contributed by atoms with Crippen LogP contribution in [0.2, 0.25) is 0 Å². The third-order valence-electron chi connectivity index (χ3n) is 4.77. The molecule has 8 heteroatoms. The Morgan fingerprint density at radius 2 is 2.04 bits per heavy atom. The summed E-state index contributed by atoms with van der Waals surface area (Å²) in [5.41, 5.74) is 2.13. The Balaban J connectivity index is 1.50. The summed E-state index contributed by atoms with van der Waals surface area (Å²) >= 11 is 0. The van der Waals surface area contributed by atoms with Crippen LogP contribution < -0.4 is 15.0 Å². The predicted octanol–water partition coefficient (Wildman–Crippen LogP) is 3.58. The first-order valence-electron chi connectivity index (χ1n) is 8.77. The molecule has 2 N–H and O–H groups in total. The van der Waals surface area contributed by atoms with E-state index in [-0.39, 0.29) is 17.3 Å². The molecule has 1 amide bonds. The fraction of sp³-hybridized carbons (Fsp3) is 0.200. The van der Waals surface area contributed by atoms with Crippen molar-refractivity contribution in [2.75, 3.05) is 23.9 Å². The van der Waals surface area contributed by atoms with Crippen LogP contribution in [-0.2, 0) is 4.79 Å². The molecule has 2 aromatic carbocycles. The zero-order chi connectivity index (χ0) is 19.7. The van der Waals surface area contributed by atoms with Gasteiger partial charge in [-0.05, 0) is 36.2 Å². The van der Waals surface area contributed by atoms with E-state index >= 15 is 0 Å². The summed E-state index contributed by atoms with van der Waals surface area (Å²) in [6, 6.07) is 8.56. The van der Waals surface area contributed by atoms with Crippen LogP contribution in [0.1, 0.15) is 6.42 Å². The highest BCUT2D eigenvalue weighted by atomic mass is 19.1. The van der Waals surface area contributed by atoms with Gasteiger partial charge in [0.05, 0.1) is 19.0 Å². The smallest absolute Gasteiger partial charge is 0.249 e. The van der Waals surface area contributed by atoms with Crippen LogP contribution in [0.15, 0.2) is 48.8 Å². The summed E-state index contributed by atoms with van der Waals surface area (Å²) in [6.07, 6.45) is 3.75. The predicted molar refractivity (Wildman–Crippen MR) is 101 cm³/mol. The monoisotopic (exact) mass is 384 g/mol. The molecule has 0 aliphatic carbocycles. The van der Waals surface area contributed by atoms with E-state index in [1.807, 2.05) is 0 Å². The Bertz CT molecular complexity index is 1010. The van der Waals surface area contributed by atoms with Crippen molar-refractivity contribution in [1.82, 2.24) is 10.2 Å². The number of ether oxygens (including phenoxy) is 1. The van der Waals surface area contributed by atoms with Crippen LogP contribution in [0.25, 0.3) is 11.1 Å². The fourth-order valence-corrected chi connectivity index (χ4v) is 3.32. The first kappa shape index (κ1) is 18.0. The Morgan fingerprint density at radius 1 is 1.18 bits per heavy atom. The van der Waals surface area contributed by atoms with Crippen molar-refractivity contribution in [3.8, 4) is 16.9 Å². The summed E-state index contributed by atoms with van der Waals surface area (Å²) < 4.78 is 33.4. The number of carbonyl (C=O) groups excluding carboxylic acids is 1. The van der Waals surface area contributed by atoms with Gasteiger partial charge < -0.3 is 15.0 Å². The zero-order valence-corrected chi connectivity index (χ0v) is 15.1. The average Bonchev–Trinajstić information content (AvgIpc) is 3.33. The van der Waals surface area contributed by atoms with Gasteiger partial charge in [0.25, 0.3) is 0 Å². The summed E-state index contributed by atoms with van der Waals surface area (Å²) in [7, 11) is 1.39. The van der Waals surface area contributed by atoms with Gasteiger partial charge in [0, 0.05) is 30.1 Å². The normalized spacial score (nSPS) is 16.5. The van der Waals surface area contributed by atoms with Gasteiger partial charge in [0.1, 0.15) is 11.9 Å². The van der Waals surface area contributed by atoms with E-state index in [9.17, 15) is 13.6 Å². The van der Waals surface area contributed by atoms with Crippen molar-refractivity contribution in [3.05, 3.63) is 60.4 Å². The molecule has 0 spiro atoms. The van der Waals surface area contributed by atoms with Crippen molar-refractivity contribution in [3.63, 3.8) is 0 Å². The minimum absolute atomic E-state index is 0.129. The molecule has 3 aromatic rings. The standard InChI is InChI=1S/C20H18F2N4O2/c1-28-19-5-3-14(9-16(19)22)25-17-6-7-26(20(17)27)18-4-2-12(8-15(18)21)13-10-23-24-11-13/h2-5,8-11,17,25H,6-7H2,1H3,(H,23,24). The Morgan fingerprint density at radius 3 is 2.71 bits per heavy atom. The van der Waals surface area contributed by atoms with Crippen LogP contribution in [-0.4, -0.2) is 35.8 Å². The number of hydrogen-bond donors (Lipinski definition) is 2. The van der Waals surface area contributed by atoms with Crippen molar-refractivity contribution in [1.29, 1.82) is 0 Å². The lowest BCUT2D eigenvalue weighted by Gasteiger charge is -2.19. The van der Waals surface area contributed by atoms with Gasteiger partial charge in [-0.15, -0.1) is 0 Å². The number of benzene rings is 2. The molecule has 1 unspecified atom stereocenters. The topological polar surface area (TPSA) is 70.2 Å². The largest absolute Gasteiger partial charge is 0.494 e. The highest BCUT2D eigenvalue weighted by Crippen LogP contribution is 2.30. The van der Waals surface area contributed by atoms with Gasteiger partial charge in [0.15, 0.2) is 11.6 Å². The lowest BCUT2D eigenvalue weighted by atomic mass is 10.1. The first-order chi connectivity index (χ1) is 13.6. The molecular weight excluding hydrogens is 366 g/mol.